The molecule has 1 N–H and O–H groups in total. The van der Waals surface area contributed by atoms with E-state index in [-0.39, 0.29) is 0 Å². The molecule has 0 atom stereocenters. The minimum Gasteiger partial charge on any atom is -0.365 e. The van der Waals surface area contributed by atoms with Crippen molar-refractivity contribution in [2.24, 2.45) is 0 Å². The number of nitrogens with one attached hydrogen (secondary N) is 1. The third kappa shape index (κ3) is 3.05. The van der Waals surface area contributed by atoms with Gasteiger partial charge in [0.25, 0.3) is 0 Å². The zero-order valence-corrected chi connectivity index (χ0v) is 15.2. The van der Waals surface area contributed by atoms with E-state index in [9.17, 15) is 0 Å². The van der Waals surface area contributed by atoms with Gasteiger partial charge >= 0.3 is 0 Å². The second-order valence-corrected chi connectivity index (χ2v) is 6.64. The summed E-state index contributed by atoms with van der Waals surface area (Å²) in [7, 11) is 0. The number of hydrogen-bond acceptors (Lipinski definition) is 4. The fourth-order valence-corrected chi connectivity index (χ4v) is 3.47. The second-order valence-electron chi connectivity index (χ2n) is 6.64. The summed E-state index contributed by atoms with van der Waals surface area (Å²) in [5, 5.41) is 7.05. The number of hydrogen-bond donors (Lipinski definition) is 1. The first-order valence-electron chi connectivity index (χ1n) is 9.26. The number of benzene rings is 3. The van der Waals surface area contributed by atoms with Gasteiger partial charge in [-0.15, -0.1) is 0 Å². The van der Waals surface area contributed by atoms with Crippen LogP contribution >= 0.6 is 0 Å². The fourth-order valence-electron chi connectivity index (χ4n) is 3.47. The first kappa shape index (κ1) is 16.4. The van der Waals surface area contributed by atoms with Crippen LogP contribution in [0.2, 0.25) is 0 Å². The predicted octanol–water partition coefficient (Wildman–Crippen LogP) is 5.46. The molecule has 0 bridgehead atoms. The summed E-state index contributed by atoms with van der Waals surface area (Å²) < 4.78 is 0. The first-order chi connectivity index (χ1) is 13.9. The van der Waals surface area contributed by atoms with Crippen LogP contribution in [-0.4, -0.2) is 15.0 Å². The number of anilines is 1. The van der Waals surface area contributed by atoms with Crippen LogP contribution in [0.3, 0.4) is 0 Å². The molecule has 0 spiro atoms. The number of pyridine rings is 1. The average Bonchev–Trinajstić information content (AvgIpc) is 2.78. The molecule has 134 valence electrons. The Bertz CT molecular complexity index is 1260. The van der Waals surface area contributed by atoms with E-state index in [1.54, 1.807) is 12.4 Å². The smallest absolute Gasteiger partial charge is 0.162 e. The number of rotatable bonds is 4. The molecule has 0 unspecified atom stereocenters. The van der Waals surface area contributed by atoms with Gasteiger partial charge in [0.05, 0.1) is 5.52 Å². The van der Waals surface area contributed by atoms with Gasteiger partial charge in [-0.2, -0.15) is 0 Å². The number of nitrogens with zero attached hydrogens (tertiary/aromatic N) is 3. The molecule has 0 fully saturated rings. The lowest BCUT2D eigenvalue weighted by Gasteiger charge is -2.12. The third-order valence-corrected chi connectivity index (χ3v) is 4.87. The minimum absolute atomic E-state index is 0.693. The molecule has 4 heteroatoms. The van der Waals surface area contributed by atoms with E-state index in [1.807, 2.05) is 30.3 Å². The Labute approximate surface area is 162 Å². The van der Waals surface area contributed by atoms with Gasteiger partial charge in [0, 0.05) is 29.9 Å². The Kier molecular flexibility index (Phi) is 4.14. The van der Waals surface area contributed by atoms with Crippen molar-refractivity contribution in [2.75, 3.05) is 5.32 Å². The molecule has 2 heterocycles. The van der Waals surface area contributed by atoms with Crippen molar-refractivity contribution >= 4 is 27.5 Å². The number of para-hydroxylation sites is 1. The quantitative estimate of drug-likeness (QED) is 0.461. The molecule has 28 heavy (non-hydrogen) atoms. The van der Waals surface area contributed by atoms with E-state index in [1.165, 1.54) is 16.3 Å². The SMILES string of the molecule is c1ccc2c(CNc3nc(-c4ccncc4)nc4ccccc34)cccc2c1. The molecule has 0 saturated carbocycles. The summed E-state index contributed by atoms with van der Waals surface area (Å²) in [6.07, 6.45) is 3.52. The van der Waals surface area contributed by atoms with Crippen molar-refractivity contribution in [3.63, 3.8) is 0 Å². The Morgan fingerprint density at radius 1 is 0.679 bits per heavy atom. The van der Waals surface area contributed by atoms with Crippen molar-refractivity contribution in [1.82, 2.24) is 15.0 Å². The molecule has 0 amide bonds. The molecule has 5 aromatic rings. The highest BCUT2D eigenvalue weighted by molar-refractivity contribution is 5.91. The van der Waals surface area contributed by atoms with E-state index in [4.69, 9.17) is 9.97 Å². The summed E-state index contributed by atoms with van der Waals surface area (Å²) in [6, 6.07) is 26.8. The summed E-state index contributed by atoms with van der Waals surface area (Å²) in [5.41, 5.74) is 3.12. The molecule has 2 aromatic heterocycles. The summed E-state index contributed by atoms with van der Waals surface area (Å²) >= 11 is 0. The molecule has 0 aliphatic rings. The summed E-state index contributed by atoms with van der Waals surface area (Å²) in [4.78, 5) is 13.6. The van der Waals surface area contributed by atoms with E-state index < -0.39 is 0 Å². The van der Waals surface area contributed by atoms with Crippen LogP contribution in [0, 0.1) is 0 Å². The van der Waals surface area contributed by atoms with Crippen molar-refractivity contribution in [3.05, 3.63) is 96.8 Å². The lowest BCUT2D eigenvalue weighted by Crippen LogP contribution is -2.04. The van der Waals surface area contributed by atoms with Crippen LogP contribution < -0.4 is 5.32 Å². The van der Waals surface area contributed by atoms with E-state index in [0.717, 1.165) is 22.3 Å². The van der Waals surface area contributed by atoms with Gasteiger partial charge < -0.3 is 5.32 Å². The van der Waals surface area contributed by atoms with Gasteiger partial charge in [-0.25, -0.2) is 9.97 Å². The van der Waals surface area contributed by atoms with Gasteiger partial charge in [0.1, 0.15) is 5.82 Å². The lowest BCUT2D eigenvalue weighted by molar-refractivity contribution is 1.12. The van der Waals surface area contributed by atoms with Gasteiger partial charge in [0.15, 0.2) is 5.82 Å². The third-order valence-electron chi connectivity index (χ3n) is 4.87. The molecule has 0 aliphatic carbocycles. The zero-order chi connectivity index (χ0) is 18.8. The van der Waals surface area contributed by atoms with Crippen molar-refractivity contribution in [1.29, 1.82) is 0 Å². The largest absolute Gasteiger partial charge is 0.365 e. The standard InChI is InChI=1S/C24H18N4/c1-2-9-20-17(6-1)7-5-8-19(20)16-26-24-21-10-3-4-11-22(21)27-23(28-24)18-12-14-25-15-13-18/h1-15H,16H2,(H,26,27,28). The second kappa shape index (κ2) is 7.08. The van der Waals surface area contributed by atoms with Crippen molar-refractivity contribution < 1.29 is 0 Å². The van der Waals surface area contributed by atoms with Gasteiger partial charge in [-0.1, -0.05) is 54.6 Å². The normalized spacial score (nSPS) is 11.0. The van der Waals surface area contributed by atoms with Crippen LogP contribution in [0.25, 0.3) is 33.1 Å². The maximum absolute atomic E-state index is 4.82. The summed E-state index contributed by atoms with van der Waals surface area (Å²) in [6.45, 7) is 0.693. The fraction of sp³-hybridized carbons (Fsp3) is 0.0417. The van der Waals surface area contributed by atoms with Gasteiger partial charge in [-0.3, -0.25) is 4.98 Å². The minimum atomic E-state index is 0.693. The molecular formula is C24H18N4. The van der Waals surface area contributed by atoms with Crippen molar-refractivity contribution in [3.8, 4) is 11.4 Å². The Balaban J connectivity index is 1.56. The topological polar surface area (TPSA) is 50.7 Å². The molecular weight excluding hydrogens is 344 g/mol. The van der Waals surface area contributed by atoms with Crippen LogP contribution in [0.4, 0.5) is 5.82 Å². The molecule has 3 aromatic carbocycles. The van der Waals surface area contributed by atoms with Crippen LogP contribution in [0.5, 0.6) is 0 Å². The highest BCUT2D eigenvalue weighted by Gasteiger charge is 2.10. The van der Waals surface area contributed by atoms with Crippen molar-refractivity contribution in [2.45, 2.75) is 6.54 Å². The number of aromatic nitrogens is 3. The van der Waals surface area contributed by atoms with Crippen LogP contribution in [0.15, 0.2) is 91.3 Å². The van der Waals surface area contributed by atoms with Gasteiger partial charge in [0.2, 0.25) is 0 Å². The molecule has 0 aliphatic heterocycles. The number of fused-ring (bicyclic) bond motifs is 2. The van der Waals surface area contributed by atoms with E-state index >= 15 is 0 Å². The Hall–Kier alpha value is -3.79. The maximum atomic E-state index is 4.82. The van der Waals surface area contributed by atoms with E-state index in [2.05, 4.69) is 58.8 Å². The first-order valence-corrected chi connectivity index (χ1v) is 9.26. The Morgan fingerprint density at radius 2 is 1.43 bits per heavy atom. The maximum Gasteiger partial charge on any atom is 0.162 e. The lowest BCUT2D eigenvalue weighted by atomic mass is 10.0. The highest BCUT2D eigenvalue weighted by atomic mass is 15.0. The molecule has 0 radical (unpaired) electrons. The summed E-state index contributed by atoms with van der Waals surface area (Å²) in [5.74, 6) is 1.53. The molecule has 0 saturated heterocycles. The zero-order valence-electron chi connectivity index (χ0n) is 15.2. The highest BCUT2D eigenvalue weighted by Crippen LogP contribution is 2.26. The molecule has 5 rings (SSSR count). The Morgan fingerprint density at radius 3 is 2.32 bits per heavy atom. The van der Waals surface area contributed by atoms with Crippen LogP contribution in [0.1, 0.15) is 5.56 Å². The van der Waals surface area contributed by atoms with E-state index in [0.29, 0.717) is 12.4 Å². The van der Waals surface area contributed by atoms with Crippen LogP contribution in [-0.2, 0) is 6.54 Å². The average molecular weight is 362 g/mol. The monoisotopic (exact) mass is 362 g/mol. The van der Waals surface area contributed by atoms with Gasteiger partial charge in [-0.05, 0) is 40.6 Å². The predicted molar refractivity (Wildman–Crippen MR) is 114 cm³/mol. The molecule has 4 nitrogen and oxygen atoms in total.